The Balaban J connectivity index is 1.57. The van der Waals surface area contributed by atoms with Crippen LogP contribution in [0.1, 0.15) is 11.1 Å². The van der Waals surface area contributed by atoms with E-state index in [1.165, 1.54) is 11.3 Å². The van der Waals surface area contributed by atoms with Gasteiger partial charge in [-0.05, 0) is 29.3 Å². The van der Waals surface area contributed by atoms with E-state index in [4.69, 9.17) is 4.74 Å². The molecule has 1 N–H and O–H groups in total. The molecule has 0 saturated heterocycles. The summed E-state index contributed by atoms with van der Waals surface area (Å²) >= 11 is 1.50. The average Bonchev–Trinajstić information content (AvgIpc) is 3.23. The Morgan fingerprint density at radius 3 is 2.96 bits per heavy atom. The number of nitrogens with zero attached hydrogens (tertiary/aromatic N) is 2. The quantitative estimate of drug-likeness (QED) is 0.712. The molecule has 3 aromatic rings. The van der Waals surface area contributed by atoms with E-state index in [-0.39, 0.29) is 18.2 Å². The molecular weight excluding hydrogens is 362 g/mol. The molecule has 1 aliphatic heterocycles. The highest BCUT2D eigenvalue weighted by Crippen LogP contribution is 2.29. The lowest BCUT2D eigenvalue weighted by Gasteiger charge is -2.19. The first-order valence-electron chi connectivity index (χ1n) is 8.70. The van der Waals surface area contributed by atoms with E-state index >= 15 is 0 Å². The second kappa shape index (κ2) is 7.46. The van der Waals surface area contributed by atoms with Gasteiger partial charge < -0.3 is 10.1 Å². The van der Waals surface area contributed by atoms with Crippen LogP contribution >= 0.6 is 11.3 Å². The van der Waals surface area contributed by atoms with Crippen molar-refractivity contribution in [1.82, 2.24) is 4.98 Å². The second-order valence-electron chi connectivity index (χ2n) is 6.40. The van der Waals surface area contributed by atoms with Crippen LogP contribution < -0.4 is 10.2 Å². The van der Waals surface area contributed by atoms with Crippen molar-refractivity contribution in [2.75, 3.05) is 30.5 Å². The number of rotatable bonds is 6. The number of carbonyl (C=O) groups excluding carboxylic acids is 2. The third-order valence-corrected chi connectivity index (χ3v) is 5.55. The van der Waals surface area contributed by atoms with Crippen molar-refractivity contribution in [2.24, 2.45) is 0 Å². The van der Waals surface area contributed by atoms with Crippen molar-refractivity contribution >= 4 is 44.2 Å². The number of carbonyl (C=O) groups is 2. The monoisotopic (exact) mass is 381 g/mol. The van der Waals surface area contributed by atoms with Gasteiger partial charge in [-0.2, -0.15) is 0 Å². The van der Waals surface area contributed by atoms with Gasteiger partial charge >= 0.3 is 0 Å². The number of anilines is 2. The van der Waals surface area contributed by atoms with Crippen LogP contribution in [-0.4, -0.2) is 37.1 Å². The van der Waals surface area contributed by atoms with Gasteiger partial charge in [0.25, 0.3) is 0 Å². The first kappa shape index (κ1) is 17.6. The Kier molecular flexibility index (Phi) is 4.87. The number of aromatic nitrogens is 1. The van der Waals surface area contributed by atoms with Gasteiger partial charge in [-0.3, -0.25) is 14.5 Å². The summed E-state index contributed by atoms with van der Waals surface area (Å²) in [7, 11) is 1.62. The minimum Gasteiger partial charge on any atom is -0.383 e. The molecule has 0 bridgehead atoms. The summed E-state index contributed by atoms with van der Waals surface area (Å²) in [5.74, 6) is -0.0555. The number of thiazole rings is 1. The molecule has 0 radical (unpaired) electrons. The molecule has 1 aliphatic rings. The first-order chi connectivity index (χ1) is 13.1. The number of methoxy groups -OCH3 is 1. The molecular formula is C20H19N3O3S. The smallest absolute Gasteiger partial charge is 0.233 e. The normalized spacial score (nSPS) is 12.9. The summed E-state index contributed by atoms with van der Waals surface area (Å²) < 4.78 is 6.22. The van der Waals surface area contributed by atoms with Crippen molar-refractivity contribution in [2.45, 2.75) is 12.8 Å². The van der Waals surface area contributed by atoms with Crippen molar-refractivity contribution in [3.05, 3.63) is 53.6 Å². The minimum absolute atomic E-state index is 0.00956. The molecule has 6 nitrogen and oxygen atoms in total. The van der Waals surface area contributed by atoms with E-state index in [0.29, 0.717) is 24.7 Å². The largest absolute Gasteiger partial charge is 0.383 e. The minimum atomic E-state index is -0.0459. The summed E-state index contributed by atoms with van der Waals surface area (Å²) in [4.78, 5) is 30.8. The SMILES string of the molecule is COCCN(C(=O)Cc1ccc2c(c1)NC(=O)C2)c1nc2ccccc2s1. The number of fused-ring (bicyclic) bond motifs is 2. The zero-order chi connectivity index (χ0) is 18.8. The van der Waals surface area contributed by atoms with Crippen LogP contribution in [0.4, 0.5) is 10.8 Å². The molecule has 138 valence electrons. The van der Waals surface area contributed by atoms with Crippen molar-refractivity contribution < 1.29 is 14.3 Å². The van der Waals surface area contributed by atoms with Crippen LogP contribution in [0.2, 0.25) is 0 Å². The number of hydrogen-bond donors (Lipinski definition) is 1. The number of amides is 2. The predicted molar refractivity (Wildman–Crippen MR) is 106 cm³/mol. The maximum Gasteiger partial charge on any atom is 0.233 e. The fourth-order valence-electron chi connectivity index (χ4n) is 3.13. The third kappa shape index (κ3) is 3.70. The predicted octanol–water partition coefficient (Wildman–Crippen LogP) is 3.01. The van der Waals surface area contributed by atoms with Crippen LogP contribution in [0.25, 0.3) is 10.2 Å². The van der Waals surface area contributed by atoms with E-state index in [1.54, 1.807) is 12.0 Å². The molecule has 1 aromatic heterocycles. The van der Waals surface area contributed by atoms with Crippen LogP contribution in [0, 0.1) is 0 Å². The number of para-hydroxylation sites is 1. The fourth-order valence-corrected chi connectivity index (χ4v) is 4.14. The summed E-state index contributed by atoms with van der Waals surface area (Å²) in [5, 5.41) is 3.50. The Labute approximate surface area is 160 Å². The molecule has 0 fully saturated rings. The lowest BCUT2D eigenvalue weighted by atomic mass is 10.1. The molecule has 4 rings (SSSR count). The van der Waals surface area contributed by atoms with Crippen molar-refractivity contribution in [3.63, 3.8) is 0 Å². The molecule has 0 atom stereocenters. The van der Waals surface area contributed by atoms with Gasteiger partial charge in [0.1, 0.15) is 0 Å². The van der Waals surface area contributed by atoms with Gasteiger partial charge in [-0.1, -0.05) is 35.6 Å². The summed E-state index contributed by atoms with van der Waals surface area (Å²) in [6.07, 6.45) is 0.637. The van der Waals surface area contributed by atoms with Gasteiger partial charge in [-0.15, -0.1) is 0 Å². The van der Waals surface area contributed by atoms with E-state index in [9.17, 15) is 9.59 Å². The summed E-state index contributed by atoms with van der Waals surface area (Å²) in [5.41, 5.74) is 3.52. The van der Waals surface area contributed by atoms with E-state index in [0.717, 1.165) is 27.0 Å². The van der Waals surface area contributed by atoms with E-state index < -0.39 is 0 Å². The van der Waals surface area contributed by atoms with Crippen LogP contribution in [0.5, 0.6) is 0 Å². The highest BCUT2D eigenvalue weighted by molar-refractivity contribution is 7.22. The Hall–Kier alpha value is -2.77. The standard InChI is InChI=1S/C20H19N3O3S/c1-26-9-8-23(20-22-15-4-2-3-5-17(15)27-20)19(25)11-13-6-7-14-12-18(24)21-16(14)10-13/h2-7,10H,8-9,11-12H2,1H3,(H,21,24). The molecule has 0 spiro atoms. The van der Waals surface area contributed by atoms with Crippen LogP contribution in [0.3, 0.4) is 0 Å². The van der Waals surface area contributed by atoms with Gasteiger partial charge in [0.05, 0.1) is 36.2 Å². The van der Waals surface area contributed by atoms with Crippen molar-refractivity contribution in [1.29, 1.82) is 0 Å². The van der Waals surface area contributed by atoms with Crippen molar-refractivity contribution in [3.8, 4) is 0 Å². The number of ether oxygens (including phenoxy) is 1. The first-order valence-corrected chi connectivity index (χ1v) is 9.52. The van der Waals surface area contributed by atoms with Crippen LogP contribution in [-0.2, 0) is 27.2 Å². The Morgan fingerprint density at radius 2 is 2.15 bits per heavy atom. The molecule has 0 saturated carbocycles. The summed E-state index contributed by atoms with van der Waals surface area (Å²) in [6.45, 7) is 0.874. The topological polar surface area (TPSA) is 71.5 Å². The zero-order valence-electron chi connectivity index (χ0n) is 14.9. The lowest BCUT2D eigenvalue weighted by molar-refractivity contribution is -0.118. The van der Waals surface area contributed by atoms with Crippen LogP contribution in [0.15, 0.2) is 42.5 Å². The lowest BCUT2D eigenvalue weighted by Crippen LogP contribution is -2.35. The number of benzene rings is 2. The average molecular weight is 381 g/mol. The Morgan fingerprint density at radius 1 is 1.30 bits per heavy atom. The molecule has 0 aliphatic carbocycles. The number of nitrogens with one attached hydrogen (secondary N) is 1. The Bertz CT molecular complexity index is 982. The number of hydrogen-bond acceptors (Lipinski definition) is 5. The molecule has 2 amide bonds. The molecule has 0 unspecified atom stereocenters. The van der Waals surface area contributed by atoms with Gasteiger partial charge in [0.2, 0.25) is 11.8 Å². The maximum atomic E-state index is 13.0. The summed E-state index contributed by atoms with van der Waals surface area (Å²) in [6, 6.07) is 13.5. The molecule has 27 heavy (non-hydrogen) atoms. The molecule has 7 heteroatoms. The highest BCUT2D eigenvalue weighted by Gasteiger charge is 2.22. The third-order valence-electron chi connectivity index (χ3n) is 4.49. The molecule has 2 aromatic carbocycles. The maximum absolute atomic E-state index is 13.0. The second-order valence-corrected chi connectivity index (χ2v) is 7.40. The van der Waals surface area contributed by atoms with E-state index in [1.807, 2.05) is 42.5 Å². The van der Waals surface area contributed by atoms with Gasteiger partial charge in [0.15, 0.2) is 5.13 Å². The highest BCUT2D eigenvalue weighted by atomic mass is 32.1. The van der Waals surface area contributed by atoms with Gasteiger partial charge in [-0.25, -0.2) is 4.98 Å². The van der Waals surface area contributed by atoms with Gasteiger partial charge in [0, 0.05) is 12.8 Å². The fraction of sp³-hybridized carbons (Fsp3) is 0.250. The zero-order valence-corrected chi connectivity index (χ0v) is 15.7. The van der Waals surface area contributed by atoms with E-state index in [2.05, 4.69) is 10.3 Å². The molecule has 2 heterocycles.